The number of halogens is 3. The molecule has 1 aliphatic heterocycles. The van der Waals surface area contributed by atoms with E-state index in [1.165, 1.54) is 12.1 Å². The number of likely N-dealkylation sites (tertiary alicyclic amines) is 1. The second-order valence-corrected chi connectivity index (χ2v) is 4.95. The highest BCUT2D eigenvalue weighted by atomic mass is 19.4. The number of carbonyl (C=O) groups excluding carboxylic acids is 1. The smallest absolute Gasteiger partial charge is 0.486 e. The number of carbonyl (C=O) groups is 2. The van der Waals surface area contributed by atoms with E-state index in [2.05, 4.69) is 17.2 Å². The summed E-state index contributed by atoms with van der Waals surface area (Å²) in [4.78, 5) is 24.3. The van der Waals surface area contributed by atoms with E-state index < -0.39 is 30.0 Å². The molecule has 1 saturated heterocycles. The number of hydrogen-bond acceptors (Lipinski definition) is 6. The largest absolute Gasteiger partial charge is 0.573 e. The highest BCUT2D eigenvalue weighted by Crippen LogP contribution is 2.34. The van der Waals surface area contributed by atoms with E-state index in [0.717, 1.165) is 17.0 Å². The van der Waals surface area contributed by atoms with Crippen molar-refractivity contribution in [3.8, 4) is 11.5 Å². The molecule has 1 amide bonds. The molecular weight excluding hydrogens is 361 g/mol. The third-order valence-corrected chi connectivity index (χ3v) is 3.34. The van der Waals surface area contributed by atoms with Crippen LogP contribution in [0.25, 0.3) is 0 Å². The Morgan fingerprint density at radius 2 is 2.00 bits per heavy atom. The predicted molar refractivity (Wildman–Crippen MR) is 81.9 cm³/mol. The minimum absolute atomic E-state index is 0.0469. The Bertz CT molecular complexity index is 665. The molecule has 1 atom stereocenters. The third-order valence-electron chi connectivity index (χ3n) is 3.34. The van der Waals surface area contributed by atoms with Crippen LogP contribution < -0.4 is 15.4 Å². The summed E-state index contributed by atoms with van der Waals surface area (Å²) in [5.74, 6) is 0.771. The average molecular weight is 378 g/mol. The number of aliphatic carboxylic acids is 1. The SMILES string of the molecule is C=CCOc1ccc(C(=O)N2CC[C@@H]2C(=O)O)cc1OC(F)(F)F.NO. The maximum Gasteiger partial charge on any atom is 0.573 e. The van der Waals surface area contributed by atoms with Gasteiger partial charge in [-0.3, -0.25) is 4.79 Å². The van der Waals surface area contributed by atoms with Gasteiger partial charge in [0, 0.05) is 12.1 Å². The lowest BCUT2D eigenvalue weighted by molar-refractivity contribution is -0.275. The molecule has 1 fully saturated rings. The number of benzene rings is 1. The molecule has 0 unspecified atom stereocenters. The van der Waals surface area contributed by atoms with Gasteiger partial charge in [-0.05, 0) is 24.6 Å². The van der Waals surface area contributed by atoms with E-state index in [-0.39, 0.29) is 24.5 Å². The topological polar surface area (TPSA) is 122 Å². The maximum atomic E-state index is 12.5. The molecule has 1 aromatic carbocycles. The summed E-state index contributed by atoms with van der Waals surface area (Å²) >= 11 is 0. The van der Waals surface area contributed by atoms with Crippen molar-refractivity contribution >= 4 is 11.9 Å². The van der Waals surface area contributed by atoms with Gasteiger partial charge in [0.25, 0.3) is 5.91 Å². The van der Waals surface area contributed by atoms with Crippen molar-refractivity contribution < 1.29 is 42.5 Å². The Kier molecular flexibility index (Phi) is 7.41. The number of ether oxygens (including phenoxy) is 2. The molecule has 1 aromatic rings. The Hall–Kier alpha value is -2.79. The zero-order valence-electron chi connectivity index (χ0n) is 13.4. The van der Waals surface area contributed by atoms with E-state index in [0.29, 0.717) is 6.42 Å². The van der Waals surface area contributed by atoms with Crippen molar-refractivity contribution in [2.75, 3.05) is 13.2 Å². The van der Waals surface area contributed by atoms with Gasteiger partial charge in [0.2, 0.25) is 0 Å². The molecule has 2 rings (SSSR count). The van der Waals surface area contributed by atoms with E-state index in [1.807, 2.05) is 0 Å². The molecule has 8 nitrogen and oxygen atoms in total. The van der Waals surface area contributed by atoms with Crippen molar-refractivity contribution in [1.82, 2.24) is 4.90 Å². The van der Waals surface area contributed by atoms with Gasteiger partial charge in [-0.25, -0.2) is 10.7 Å². The first-order valence-electron chi connectivity index (χ1n) is 7.16. The van der Waals surface area contributed by atoms with Crippen LogP contribution in [0, 0.1) is 0 Å². The van der Waals surface area contributed by atoms with Crippen molar-refractivity contribution in [2.24, 2.45) is 5.90 Å². The number of nitrogens with zero attached hydrogens (tertiary/aromatic N) is 1. The summed E-state index contributed by atoms with van der Waals surface area (Å²) in [5.41, 5.74) is -0.119. The van der Waals surface area contributed by atoms with Gasteiger partial charge in [-0.15, -0.1) is 13.2 Å². The maximum absolute atomic E-state index is 12.5. The van der Waals surface area contributed by atoms with Crippen LogP contribution in [0.1, 0.15) is 16.8 Å². The molecule has 11 heteroatoms. The van der Waals surface area contributed by atoms with Crippen molar-refractivity contribution in [2.45, 2.75) is 18.8 Å². The van der Waals surface area contributed by atoms with Crippen LogP contribution in [0.4, 0.5) is 13.2 Å². The average Bonchev–Trinajstić information content (AvgIpc) is 2.52. The summed E-state index contributed by atoms with van der Waals surface area (Å²) in [6.45, 7) is 3.56. The minimum atomic E-state index is -4.96. The molecule has 26 heavy (non-hydrogen) atoms. The van der Waals surface area contributed by atoms with Crippen LogP contribution in [0.15, 0.2) is 30.9 Å². The zero-order valence-corrected chi connectivity index (χ0v) is 13.4. The molecule has 1 aliphatic rings. The first-order chi connectivity index (χ1) is 12.2. The van der Waals surface area contributed by atoms with E-state index in [9.17, 15) is 22.8 Å². The van der Waals surface area contributed by atoms with Crippen LogP contribution in [0.2, 0.25) is 0 Å². The molecule has 0 aromatic heterocycles. The first kappa shape index (κ1) is 21.3. The lowest BCUT2D eigenvalue weighted by Crippen LogP contribution is -2.55. The van der Waals surface area contributed by atoms with Gasteiger partial charge in [-0.2, -0.15) is 0 Å². The summed E-state index contributed by atoms with van der Waals surface area (Å²) in [6, 6.07) is 2.32. The second kappa shape index (κ2) is 9.06. The number of amides is 1. The van der Waals surface area contributed by atoms with Crippen LogP contribution in [-0.4, -0.2) is 52.6 Å². The quantitative estimate of drug-likeness (QED) is 0.509. The molecule has 0 radical (unpaired) electrons. The standard InChI is InChI=1S/C15H14F3NO5.H3NO/c1-2-7-23-11-4-3-9(8-12(11)24-15(16,17)18)13(20)19-6-5-10(19)14(21)22;1-2/h2-4,8,10H,1,5-7H2,(H,21,22);2H,1H2/t10-;/m1./s1. The lowest BCUT2D eigenvalue weighted by Gasteiger charge is -2.38. The molecule has 144 valence electrons. The number of carboxylic acids is 1. The van der Waals surface area contributed by atoms with Crippen LogP contribution in [0.5, 0.6) is 11.5 Å². The number of rotatable bonds is 6. The van der Waals surface area contributed by atoms with Gasteiger partial charge < -0.3 is 24.7 Å². The van der Waals surface area contributed by atoms with Gasteiger partial charge in [0.1, 0.15) is 12.6 Å². The fraction of sp³-hybridized carbons (Fsp3) is 0.333. The second-order valence-electron chi connectivity index (χ2n) is 4.95. The van der Waals surface area contributed by atoms with Crippen LogP contribution in [-0.2, 0) is 4.79 Å². The summed E-state index contributed by atoms with van der Waals surface area (Å²) in [7, 11) is 0. The molecular formula is C15H17F3N2O6. The van der Waals surface area contributed by atoms with Crippen molar-refractivity contribution in [3.05, 3.63) is 36.4 Å². The highest BCUT2D eigenvalue weighted by Gasteiger charge is 2.38. The monoisotopic (exact) mass is 378 g/mol. The highest BCUT2D eigenvalue weighted by molar-refractivity contribution is 5.98. The lowest BCUT2D eigenvalue weighted by atomic mass is 10.0. The van der Waals surface area contributed by atoms with Crippen molar-refractivity contribution in [3.63, 3.8) is 0 Å². The number of carboxylic acid groups (broad SMARTS) is 1. The molecule has 4 N–H and O–H groups in total. The Morgan fingerprint density at radius 1 is 1.35 bits per heavy atom. The number of alkyl halides is 3. The Morgan fingerprint density at radius 3 is 2.46 bits per heavy atom. The third kappa shape index (κ3) is 5.36. The van der Waals surface area contributed by atoms with Gasteiger partial charge in [0.05, 0.1) is 0 Å². The summed E-state index contributed by atoms with van der Waals surface area (Å²) in [5, 5.41) is 15.5. The number of nitrogens with two attached hydrogens (primary N) is 1. The fourth-order valence-electron chi connectivity index (χ4n) is 2.17. The Balaban J connectivity index is 0.00000163. The fourth-order valence-corrected chi connectivity index (χ4v) is 2.17. The number of hydrogen-bond donors (Lipinski definition) is 3. The van der Waals surface area contributed by atoms with Crippen LogP contribution >= 0.6 is 0 Å². The normalized spacial score (nSPS) is 15.9. The van der Waals surface area contributed by atoms with E-state index in [4.69, 9.17) is 15.1 Å². The first-order valence-corrected chi connectivity index (χ1v) is 7.16. The van der Waals surface area contributed by atoms with E-state index in [1.54, 1.807) is 0 Å². The zero-order chi connectivity index (χ0) is 19.9. The summed E-state index contributed by atoms with van der Waals surface area (Å²) in [6.07, 6.45) is -3.32. The van der Waals surface area contributed by atoms with Crippen molar-refractivity contribution in [1.29, 1.82) is 0 Å². The van der Waals surface area contributed by atoms with Crippen LogP contribution in [0.3, 0.4) is 0 Å². The molecule has 0 bridgehead atoms. The molecule has 0 saturated carbocycles. The van der Waals surface area contributed by atoms with Gasteiger partial charge >= 0.3 is 12.3 Å². The molecule has 1 heterocycles. The van der Waals surface area contributed by atoms with E-state index >= 15 is 0 Å². The minimum Gasteiger partial charge on any atom is -0.486 e. The van der Waals surface area contributed by atoms with Gasteiger partial charge in [0.15, 0.2) is 11.5 Å². The Labute approximate surface area is 146 Å². The molecule has 0 aliphatic carbocycles. The molecule has 0 spiro atoms. The predicted octanol–water partition coefficient (Wildman–Crippen LogP) is 1.78. The summed E-state index contributed by atoms with van der Waals surface area (Å²) < 4.78 is 46.5. The van der Waals surface area contributed by atoms with Gasteiger partial charge in [-0.1, -0.05) is 12.7 Å².